The van der Waals surface area contributed by atoms with E-state index in [1.807, 2.05) is 0 Å². The Balaban J connectivity index is 2.45. The monoisotopic (exact) mass is 371 g/mol. The van der Waals surface area contributed by atoms with Crippen LogP contribution in [0.1, 0.15) is 5.56 Å². The average molecular weight is 371 g/mol. The molecule has 11 heteroatoms. The lowest BCUT2D eigenvalue weighted by Crippen LogP contribution is -2.10. The fourth-order valence-electron chi connectivity index (χ4n) is 1.54. The van der Waals surface area contributed by atoms with Gasteiger partial charge >= 0.3 is 6.18 Å². The number of alkyl halides is 3. The third-order valence-electron chi connectivity index (χ3n) is 2.59. The zero-order valence-corrected chi connectivity index (χ0v) is 13.0. The van der Waals surface area contributed by atoms with E-state index in [-0.39, 0.29) is 13.3 Å². The Morgan fingerprint density at radius 2 is 1.36 bits per heavy atom. The molecule has 0 fully saturated rings. The molecule has 5 nitrogen and oxygen atoms in total. The molecule has 2 rings (SSSR count). The van der Waals surface area contributed by atoms with Crippen molar-refractivity contribution in [3.63, 3.8) is 0 Å². The predicted octanol–water partition coefficient (Wildman–Crippen LogP) is 2.25. The van der Waals surface area contributed by atoms with Crippen molar-refractivity contribution in [1.29, 1.82) is 0 Å². The van der Waals surface area contributed by atoms with Gasteiger partial charge in [-0.1, -0.05) is 0 Å². The fourth-order valence-corrected chi connectivity index (χ4v) is 5.13. The molecule has 2 N–H and O–H groups in total. The van der Waals surface area contributed by atoms with E-state index in [2.05, 4.69) is 0 Å². The quantitative estimate of drug-likeness (QED) is 0.895. The summed E-state index contributed by atoms with van der Waals surface area (Å²) in [6, 6.07) is 4.97. The molecular weight excluding hydrogens is 363 g/mol. The molecule has 1 heterocycles. The van der Waals surface area contributed by atoms with Gasteiger partial charge in [0.25, 0.3) is 0 Å². The van der Waals surface area contributed by atoms with Crippen LogP contribution in [0.25, 0.3) is 0 Å². The van der Waals surface area contributed by atoms with Crippen molar-refractivity contribution in [2.24, 2.45) is 5.14 Å². The number of rotatable bonds is 3. The van der Waals surface area contributed by atoms with Crippen LogP contribution in [-0.4, -0.2) is 16.8 Å². The molecule has 0 aliphatic rings. The second-order valence-corrected chi connectivity index (χ2v) is 9.19. The highest BCUT2D eigenvalue weighted by molar-refractivity contribution is 7.95. The van der Waals surface area contributed by atoms with Crippen LogP contribution in [0.2, 0.25) is 0 Å². The van der Waals surface area contributed by atoms with E-state index < -0.39 is 31.6 Å². The summed E-state index contributed by atoms with van der Waals surface area (Å²) in [6.45, 7) is 0. The Labute approximate surface area is 128 Å². The summed E-state index contributed by atoms with van der Waals surface area (Å²) in [6.07, 6.45) is -4.58. The lowest BCUT2D eigenvalue weighted by molar-refractivity contribution is -0.137. The van der Waals surface area contributed by atoms with Crippen molar-refractivity contribution in [3.8, 4) is 0 Å². The van der Waals surface area contributed by atoms with Crippen LogP contribution in [-0.2, 0) is 26.0 Å². The molecule has 1 aromatic heterocycles. The molecule has 22 heavy (non-hydrogen) atoms. The number of sulfonamides is 1. The summed E-state index contributed by atoms with van der Waals surface area (Å²) < 4.78 is 83.4. The minimum absolute atomic E-state index is 0.323. The maximum atomic E-state index is 12.4. The molecule has 0 aliphatic heterocycles. The number of halogens is 3. The molecule has 2 aromatic rings. The standard InChI is InChI=1S/C11H8F3NO4S3/c12-11(13,14)7-1-3-8(4-2-7)21(16,17)9-5-6-10(20-9)22(15,18)19/h1-6H,(H2,15,18,19). The van der Waals surface area contributed by atoms with E-state index in [1.54, 1.807) is 0 Å². The summed E-state index contributed by atoms with van der Waals surface area (Å²) in [4.78, 5) is -0.372. The van der Waals surface area contributed by atoms with Gasteiger partial charge in [-0.2, -0.15) is 13.2 Å². The van der Waals surface area contributed by atoms with Crippen molar-refractivity contribution < 1.29 is 30.0 Å². The average Bonchev–Trinajstić information content (AvgIpc) is 2.88. The highest BCUT2D eigenvalue weighted by Gasteiger charge is 2.31. The van der Waals surface area contributed by atoms with Gasteiger partial charge in [0.05, 0.1) is 10.5 Å². The van der Waals surface area contributed by atoms with Gasteiger partial charge < -0.3 is 0 Å². The Morgan fingerprint density at radius 1 is 0.864 bits per heavy atom. The molecule has 0 spiro atoms. The molecule has 0 amide bonds. The Bertz CT molecular complexity index is 897. The number of hydrogen-bond acceptors (Lipinski definition) is 5. The number of sulfone groups is 1. The van der Waals surface area contributed by atoms with Crippen LogP contribution in [0, 0.1) is 0 Å². The van der Waals surface area contributed by atoms with E-state index >= 15 is 0 Å². The molecule has 0 atom stereocenters. The Kier molecular flexibility index (Phi) is 4.11. The first-order chi connectivity index (χ1) is 9.92. The van der Waals surface area contributed by atoms with Gasteiger partial charge in [0.1, 0.15) is 8.42 Å². The van der Waals surface area contributed by atoms with E-state index in [4.69, 9.17) is 5.14 Å². The summed E-state index contributed by atoms with van der Waals surface area (Å²) in [5.41, 5.74) is -0.983. The Hall–Kier alpha value is -1.43. The summed E-state index contributed by atoms with van der Waals surface area (Å²) in [5.74, 6) is 0. The predicted molar refractivity (Wildman–Crippen MR) is 72.6 cm³/mol. The molecule has 1 aromatic carbocycles. The van der Waals surface area contributed by atoms with Gasteiger partial charge in [0.15, 0.2) is 0 Å². The summed E-state index contributed by atoms with van der Waals surface area (Å²) >= 11 is 0.428. The molecule has 0 bridgehead atoms. The van der Waals surface area contributed by atoms with Crippen LogP contribution in [0.15, 0.2) is 49.7 Å². The molecule has 0 radical (unpaired) electrons. The van der Waals surface area contributed by atoms with Gasteiger partial charge in [-0.25, -0.2) is 22.0 Å². The van der Waals surface area contributed by atoms with Crippen LogP contribution in [0.3, 0.4) is 0 Å². The maximum Gasteiger partial charge on any atom is 0.416 e. The van der Waals surface area contributed by atoms with Crippen LogP contribution < -0.4 is 5.14 Å². The molecule has 0 unspecified atom stereocenters. The van der Waals surface area contributed by atoms with Crippen LogP contribution >= 0.6 is 11.3 Å². The van der Waals surface area contributed by atoms with Crippen molar-refractivity contribution in [2.45, 2.75) is 19.5 Å². The van der Waals surface area contributed by atoms with E-state index in [0.29, 0.717) is 23.5 Å². The second-order valence-electron chi connectivity index (χ2n) is 4.14. The second kappa shape index (κ2) is 5.33. The van der Waals surface area contributed by atoms with E-state index in [0.717, 1.165) is 24.3 Å². The first-order valence-corrected chi connectivity index (χ1v) is 9.32. The number of benzene rings is 1. The zero-order chi connectivity index (χ0) is 16.8. The van der Waals surface area contributed by atoms with Crippen molar-refractivity contribution in [1.82, 2.24) is 0 Å². The van der Waals surface area contributed by atoms with Crippen LogP contribution in [0.4, 0.5) is 13.2 Å². The molecule has 120 valence electrons. The zero-order valence-electron chi connectivity index (χ0n) is 10.5. The lowest BCUT2D eigenvalue weighted by Gasteiger charge is -2.07. The van der Waals surface area contributed by atoms with Crippen molar-refractivity contribution in [2.75, 3.05) is 0 Å². The molecular formula is C11H8F3NO4S3. The third-order valence-corrected chi connectivity index (χ3v) is 7.38. The lowest BCUT2D eigenvalue weighted by atomic mass is 10.2. The van der Waals surface area contributed by atoms with Crippen molar-refractivity contribution in [3.05, 3.63) is 42.0 Å². The van der Waals surface area contributed by atoms with E-state index in [9.17, 15) is 30.0 Å². The van der Waals surface area contributed by atoms with Crippen LogP contribution in [0.5, 0.6) is 0 Å². The molecule has 0 saturated carbocycles. The number of hydrogen-bond donors (Lipinski definition) is 1. The largest absolute Gasteiger partial charge is 0.416 e. The molecule has 0 aliphatic carbocycles. The minimum atomic E-state index is -4.58. The van der Waals surface area contributed by atoms with Gasteiger partial charge in [0.2, 0.25) is 19.9 Å². The highest BCUT2D eigenvalue weighted by Crippen LogP contribution is 2.33. The maximum absolute atomic E-state index is 12.4. The SMILES string of the molecule is NS(=O)(=O)c1ccc(S(=O)(=O)c2ccc(C(F)(F)F)cc2)s1. The van der Waals surface area contributed by atoms with Gasteiger partial charge in [0, 0.05) is 0 Å². The fraction of sp³-hybridized carbons (Fsp3) is 0.0909. The molecule has 0 saturated heterocycles. The summed E-state index contributed by atoms with van der Waals surface area (Å²) in [5, 5.41) is 4.88. The number of nitrogens with two attached hydrogens (primary N) is 1. The highest BCUT2D eigenvalue weighted by atomic mass is 32.3. The van der Waals surface area contributed by atoms with E-state index in [1.165, 1.54) is 0 Å². The first-order valence-electron chi connectivity index (χ1n) is 5.47. The summed E-state index contributed by atoms with van der Waals surface area (Å²) in [7, 11) is -8.15. The number of primary sulfonamides is 1. The van der Waals surface area contributed by atoms with Gasteiger partial charge in [-0.3, -0.25) is 0 Å². The first kappa shape index (κ1) is 16.9. The minimum Gasteiger partial charge on any atom is -0.224 e. The smallest absolute Gasteiger partial charge is 0.224 e. The number of thiophene rings is 1. The Morgan fingerprint density at radius 3 is 1.77 bits per heavy atom. The van der Waals surface area contributed by atoms with Gasteiger partial charge in [-0.05, 0) is 36.4 Å². The van der Waals surface area contributed by atoms with Gasteiger partial charge in [-0.15, -0.1) is 11.3 Å². The van der Waals surface area contributed by atoms with Crippen molar-refractivity contribution >= 4 is 31.2 Å². The topological polar surface area (TPSA) is 94.3 Å². The third kappa shape index (κ3) is 3.32. The normalized spacial score (nSPS) is 13.3.